The lowest BCUT2D eigenvalue weighted by molar-refractivity contribution is -0.157. The van der Waals surface area contributed by atoms with Gasteiger partial charge in [-0.2, -0.15) is 5.26 Å². The molecule has 0 saturated heterocycles. The molecule has 0 spiro atoms. The number of hydrogen-bond donors (Lipinski definition) is 1. The quantitative estimate of drug-likeness (QED) is 0.682. The van der Waals surface area contributed by atoms with Crippen LogP contribution in [-0.2, 0) is 5.41 Å². The molecule has 1 aliphatic carbocycles. The van der Waals surface area contributed by atoms with Crippen molar-refractivity contribution in [1.82, 2.24) is 0 Å². The van der Waals surface area contributed by atoms with Gasteiger partial charge in [0.05, 0.1) is 11.6 Å². The minimum Gasteiger partial charge on any atom is -0.530 e. The molecule has 2 aromatic carbocycles. The van der Waals surface area contributed by atoms with E-state index in [1.807, 2.05) is 39.5 Å². The number of hydrogen-bond acceptors (Lipinski definition) is 2. The number of rotatable bonds is 4. The predicted molar refractivity (Wildman–Crippen MR) is 107 cm³/mol. The van der Waals surface area contributed by atoms with E-state index < -0.39 is 11.2 Å². The van der Waals surface area contributed by atoms with Crippen molar-refractivity contribution in [2.24, 2.45) is 0 Å². The maximum absolute atomic E-state index is 10.3. The van der Waals surface area contributed by atoms with E-state index in [0.717, 1.165) is 5.46 Å². The van der Waals surface area contributed by atoms with Crippen molar-refractivity contribution in [2.75, 3.05) is 0 Å². The highest BCUT2D eigenvalue weighted by Crippen LogP contribution is 2.48. The van der Waals surface area contributed by atoms with Crippen molar-refractivity contribution in [1.29, 1.82) is 5.26 Å². The fourth-order valence-corrected chi connectivity index (χ4v) is 3.30. The van der Waals surface area contributed by atoms with E-state index in [-0.39, 0.29) is 5.41 Å². The second-order valence-electron chi connectivity index (χ2n) is 8.68. The Balaban J connectivity index is 1.94. The van der Waals surface area contributed by atoms with Gasteiger partial charge < -0.3 is 9.76 Å². The molecule has 3 rings (SSSR count). The van der Waals surface area contributed by atoms with E-state index in [4.69, 9.17) is 0 Å². The smallest absolute Gasteiger partial charge is 0.530 e. The average Bonchev–Trinajstić information content (AvgIpc) is 2.79. The third-order valence-electron chi connectivity index (χ3n) is 5.86. The summed E-state index contributed by atoms with van der Waals surface area (Å²) >= 11 is 0. The summed E-state index contributed by atoms with van der Waals surface area (Å²) in [4.78, 5) is 0. The molecule has 0 heterocycles. The minimum absolute atomic E-state index is 0.160. The molecule has 2 N–H and O–H groups in total. The van der Waals surface area contributed by atoms with Crippen LogP contribution in [0.5, 0.6) is 0 Å². The van der Waals surface area contributed by atoms with Gasteiger partial charge >= 0.3 is 7.48 Å². The third kappa shape index (κ3) is 2.96. The van der Waals surface area contributed by atoms with Crippen molar-refractivity contribution in [3.63, 3.8) is 0 Å². The zero-order valence-electron chi connectivity index (χ0n) is 16.4. The molecule has 1 aliphatic rings. The van der Waals surface area contributed by atoms with Crippen molar-refractivity contribution < 1.29 is 9.76 Å². The number of benzene rings is 2. The van der Waals surface area contributed by atoms with Gasteiger partial charge in [-0.25, -0.2) is 0 Å². The van der Waals surface area contributed by atoms with Crippen LogP contribution in [-0.4, -0.2) is 28.4 Å². The summed E-state index contributed by atoms with van der Waals surface area (Å²) in [6.45, 7) is 11.8. The number of nitriles is 1. The molecule has 4 heteroatoms. The summed E-state index contributed by atoms with van der Waals surface area (Å²) in [6.07, 6.45) is 0. The van der Waals surface area contributed by atoms with Crippen molar-refractivity contribution in [3.8, 4) is 17.2 Å². The molecule has 0 aromatic heterocycles. The first kappa shape index (κ1) is 18.7. The highest BCUT2D eigenvalue weighted by Gasteiger charge is 2.41. The Labute approximate surface area is 156 Å². The van der Waals surface area contributed by atoms with Crippen LogP contribution in [0.4, 0.5) is 0 Å². The van der Waals surface area contributed by atoms with Gasteiger partial charge in [0.15, 0.2) is 5.60 Å². The number of nitrogens with zero attached hydrogens (tertiary/aromatic N) is 1. The Hall–Kier alpha value is -2.09. The molecular weight excluding hydrogens is 321 g/mol. The molecule has 26 heavy (non-hydrogen) atoms. The summed E-state index contributed by atoms with van der Waals surface area (Å²) in [5.74, 6) is 0. The summed E-state index contributed by atoms with van der Waals surface area (Å²) in [7, 11) is 1.85. The summed E-state index contributed by atoms with van der Waals surface area (Å²) in [5, 5.41) is 19.5. The largest absolute Gasteiger partial charge is 0.624 e. The van der Waals surface area contributed by atoms with Gasteiger partial charge in [0, 0.05) is 24.7 Å². The summed E-state index contributed by atoms with van der Waals surface area (Å²) in [6, 6.07) is 14.5. The molecule has 2 aromatic rings. The van der Waals surface area contributed by atoms with Crippen LogP contribution < -0.4 is 5.46 Å². The van der Waals surface area contributed by atoms with Crippen molar-refractivity contribution in [2.45, 2.75) is 58.2 Å². The highest BCUT2D eigenvalue weighted by atomic mass is 16.5. The zero-order valence-corrected chi connectivity index (χ0v) is 16.4. The predicted octanol–water partition coefficient (Wildman–Crippen LogP) is 3.19. The molecule has 3 nitrogen and oxygen atoms in total. The third-order valence-corrected chi connectivity index (χ3v) is 5.86. The number of aliphatic hydroxyl groups is 2. The molecule has 0 atom stereocenters. The van der Waals surface area contributed by atoms with Crippen LogP contribution in [0.15, 0.2) is 36.4 Å². The zero-order chi connectivity index (χ0) is 19.3. The van der Waals surface area contributed by atoms with Crippen molar-refractivity contribution >= 4 is 12.9 Å². The summed E-state index contributed by atoms with van der Waals surface area (Å²) < 4.78 is 4.63. The molecule has 0 fully saturated rings. The Morgan fingerprint density at radius 2 is 1.58 bits per heavy atom. The van der Waals surface area contributed by atoms with Crippen LogP contribution in [0.3, 0.4) is 0 Å². The van der Waals surface area contributed by atoms with Crippen LogP contribution in [0.25, 0.3) is 11.1 Å². The minimum atomic E-state index is -0.899. The number of fused-ring (bicyclic) bond motifs is 3. The molecule has 1 radical (unpaired) electrons. The van der Waals surface area contributed by atoms with Gasteiger partial charge in [-0.1, -0.05) is 38.1 Å². The molecule has 0 bridgehead atoms. The van der Waals surface area contributed by atoms with Crippen LogP contribution in [0.1, 0.15) is 58.2 Å². The van der Waals surface area contributed by atoms with Crippen molar-refractivity contribution in [3.05, 3.63) is 53.1 Å². The van der Waals surface area contributed by atoms with Crippen LogP contribution in [0, 0.1) is 11.3 Å². The van der Waals surface area contributed by atoms with E-state index in [1.165, 1.54) is 22.3 Å². The maximum Gasteiger partial charge on any atom is 0.624 e. The van der Waals surface area contributed by atoms with Gasteiger partial charge in [0.25, 0.3) is 0 Å². The molecule has 0 saturated carbocycles. The topological polar surface area (TPSA) is 56.8 Å². The van der Waals surface area contributed by atoms with E-state index in [9.17, 15) is 10.4 Å². The first-order valence-electron chi connectivity index (χ1n) is 8.94. The van der Waals surface area contributed by atoms with Gasteiger partial charge in [-0.3, -0.25) is 0 Å². The fourth-order valence-electron chi connectivity index (χ4n) is 3.30. The van der Waals surface area contributed by atoms with E-state index in [0.29, 0.717) is 5.56 Å². The van der Waals surface area contributed by atoms with Crippen LogP contribution in [0.2, 0.25) is 0 Å². The Kier molecular flexibility index (Phi) is 4.30. The molecule has 0 amide bonds. The molecule has 0 aliphatic heterocycles. The Morgan fingerprint density at radius 1 is 1.00 bits per heavy atom. The average molecular weight is 347 g/mol. The first-order chi connectivity index (χ1) is 12.0. The van der Waals surface area contributed by atoms with E-state index in [1.54, 1.807) is 13.8 Å². The Morgan fingerprint density at radius 3 is 2.15 bits per heavy atom. The normalized spacial score (nSPS) is 15.2. The lowest BCUT2D eigenvalue weighted by atomic mass is 9.77. The second-order valence-corrected chi connectivity index (χ2v) is 8.68. The van der Waals surface area contributed by atoms with Gasteiger partial charge in [0.2, 0.25) is 0 Å². The monoisotopic (exact) mass is 347 g/mol. The lowest BCUT2D eigenvalue weighted by Gasteiger charge is -2.34. The van der Waals surface area contributed by atoms with Gasteiger partial charge in [0.1, 0.15) is 5.60 Å². The second kappa shape index (κ2) is 5.98. The summed E-state index contributed by atoms with van der Waals surface area (Å²) in [5.41, 5.74) is 4.92. The first-order valence-corrected chi connectivity index (χ1v) is 8.94. The fraction of sp³-hybridized carbons (Fsp3) is 0.409. The SMILES string of the molecule is CC1(C)c2cc([B][OH+]C(C)(C)C(C)(C)O)ccc2-c2ccc(C#N)cc21. The maximum atomic E-state index is 10.3. The van der Waals surface area contributed by atoms with Gasteiger partial charge in [-0.05, 0) is 48.2 Å². The Bertz CT molecular complexity index is 901. The standard InChI is InChI=1S/C22H26BNO2/c1-20(2)18-11-14(13-24)7-9-16(18)17-10-8-15(12-19(17)20)23-26-22(5,6)21(3,4)25/h7-12,25-26H,1-6H3/q+1. The highest BCUT2D eigenvalue weighted by molar-refractivity contribution is 6.46. The van der Waals surface area contributed by atoms with Crippen LogP contribution >= 0.6 is 0 Å². The van der Waals surface area contributed by atoms with E-state index in [2.05, 4.69) is 42.8 Å². The molecule has 0 unspecified atom stereocenters. The molecule has 133 valence electrons. The van der Waals surface area contributed by atoms with Gasteiger partial charge in [-0.15, -0.1) is 0 Å². The molecular formula is C22H26BNO2+. The van der Waals surface area contributed by atoms with E-state index >= 15 is 0 Å². The lowest BCUT2D eigenvalue weighted by Crippen LogP contribution is -2.51.